The number of halogens is 1. The van der Waals surface area contributed by atoms with Gasteiger partial charge in [-0.1, -0.05) is 23.7 Å². The number of aromatic amines is 1. The van der Waals surface area contributed by atoms with Crippen molar-refractivity contribution in [2.75, 3.05) is 6.61 Å². The number of nitrogens with zero attached hydrogens (tertiary/aromatic N) is 4. The molecule has 1 aliphatic heterocycles. The highest BCUT2D eigenvalue weighted by Gasteiger charge is 2.24. The predicted molar refractivity (Wildman–Crippen MR) is 146 cm³/mol. The normalized spacial score (nSPS) is 15.0. The molecule has 0 spiro atoms. The SMILES string of the molecule is O=C(NS(=O)(=O)c1cnc(OCC2CCc3nccn3C2)c(Cl)c1)c1ccccc1Oc1cnc2[nH]ccc2c1. The summed E-state index contributed by atoms with van der Waals surface area (Å²) in [4.78, 5) is 28.4. The maximum absolute atomic E-state index is 13.0. The molecular weight excluding hydrogens is 556 g/mol. The van der Waals surface area contributed by atoms with Crippen LogP contribution in [-0.4, -0.2) is 45.4 Å². The summed E-state index contributed by atoms with van der Waals surface area (Å²) in [7, 11) is -4.30. The van der Waals surface area contributed by atoms with E-state index in [-0.39, 0.29) is 33.0 Å². The van der Waals surface area contributed by atoms with Gasteiger partial charge in [-0.2, -0.15) is 0 Å². The zero-order valence-electron chi connectivity index (χ0n) is 21.0. The van der Waals surface area contributed by atoms with E-state index < -0.39 is 15.9 Å². The van der Waals surface area contributed by atoms with E-state index in [0.29, 0.717) is 18.0 Å². The number of amides is 1. The summed E-state index contributed by atoms with van der Waals surface area (Å²) in [5.74, 6) is 1.09. The van der Waals surface area contributed by atoms with Crippen LogP contribution >= 0.6 is 11.6 Å². The van der Waals surface area contributed by atoms with E-state index in [1.54, 1.807) is 36.7 Å². The number of ether oxygens (including phenoxy) is 2. The average molecular weight is 579 g/mol. The summed E-state index contributed by atoms with van der Waals surface area (Å²) < 4.78 is 41.9. The number of aromatic nitrogens is 5. The number of sulfonamides is 1. The first-order valence-electron chi connectivity index (χ1n) is 12.4. The second-order valence-corrected chi connectivity index (χ2v) is 11.4. The number of carbonyl (C=O) groups excluding carboxylic acids is 1. The number of hydrogen-bond donors (Lipinski definition) is 2. The smallest absolute Gasteiger partial charge is 0.268 e. The molecule has 40 heavy (non-hydrogen) atoms. The van der Waals surface area contributed by atoms with Crippen molar-refractivity contribution in [2.45, 2.75) is 24.3 Å². The number of carbonyl (C=O) groups is 1. The van der Waals surface area contributed by atoms with Crippen LogP contribution in [0.25, 0.3) is 11.0 Å². The Kier molecular flexibility index (Phi) is 6.86. The fraction of sp³-hybridized carbons (Fsp3) is 0.185. The Morgan fingerprint density at radius 3 is 2.90 bits per heavy atom. The molecule has 1 amide bonds. The van der Waals surface area contributed by atoms with Crippen molar-refractivity contribution in [3.05, 3.63) is 89.9 Å². The number of para-hydroxylation sites is 1. The predicted octanol–water partition coefficient (Wildman–Crippen LogP) is 4.36. The summed E-state index contributed by atoms with van der Waals surface area (Å²) in [6, 6.07) is 11.1. The van der Waals surface area contributed by atoms with Crippen molar-refractivity contribution in [1.29, 1.82) is 0 Å². The largest absolute Gasteiger partial charge is 0.476 e. The zero-order valence-corrected chi connectivity index (χ0v) is 22.5. The number of H-pyrrole nitrogens is 1. The molecule has 13 heteroatoms. The van der Waals surface area contributed by atoms with E-state index in [1.807, 2.05) is 12.3 Å². The third-order valence-electron chi connectivity index (χ3n) is 6.54. The fourth-order valence-electron chi connectivity index (χ4n) is 4.51. The highest BCUT2D eigenvalue weighted by Crippen LogP contribution is 2.29. The molecule has 2 N–H and O–H groups in total. The molecule has 0 bridgehead atoms. The molecule has 6 rings (SSSR count). The molecule has 5 heterocycles. The van der Waals surface area contributed by atoms with Crippen molar-refractivity contribution in [3.63, 3.8) is 0 Å². The number of benzene rings is 1. The lowest BCUT2D eigenvalue weighted by Crippen LogP contribution is -2.31. The van der Waals surface area contributed by atoms with E-state index in [4.69, 9.17) is 21.1 Å². The van der Waals surface area contributed by atoms with Gasteiger partial charge in [0.15, 0.2) is 0 Å². The molecule has 0 aliphatic carbocycles. The summed E-state index contributed by atoms with van der Waals surface area (Å²) in [6.45, 7) is 1.14. The molecule has 1 aliphatic rings. The van der Waals surface area contributed by atoms with Crippen molar-refractivity contribution in [3.8, 4) is 17.4 Å². The van der Waals surface area contributed by atoms with Crippen molar-refractivity contribution < 1.29 is 22.7 Å². The highest BCUT2D eigenvalue weighted by atomic mass is 35.5. The van der Waals surface area contributed by atoms with Gasteiger partial charge in [-0.25, -0.2) is 28.1 Å². The van der Waals surface area contributed by atoms with Crippen LogP contribution < -0.4 is 14.2 Å². The van der Waals surface area contributed by atoms with Crippen LogP contribution in [0.4, 0.5) is 0 Å². The molecule has 0 saturated carbocycles. The van der Waals surface area contributed by atoms with Gasteiger partial charge in [0, 0.05) is 42.9 Å². The topological polar surface area (TPSA) is 141 Å². The third-order valence-corrected chi connectivity index (χ3v) is 8.11. The van der Waals surface area contributed by atoms with Crippen LogP contribution in [0.15, 0.2) is 78.3 Å². The molecule has 0 fully saturated rings. The molecule has 204 valence electrons. The Hall–Kier alpha value is -4.42. The quantitative estimate of drug-likeness (QED) is 0.277. The monoisotopic (exact) mass is 578 g/mol. The van der Waals surface area contributed by atoms with Gasteiger partial charge in [0.05, 0.1) is 24.6 Å². The van der Waals surface area contributed by atoms with Gasteiger partial charge in [0.1, 0.15) is 32.9 Å². The summed E-state index contributed by atoms with van der Waals surface area (Å²) >= 11 is 6.31. The third kappa shape index (κ3) is 5.36. The highest BCUT2D eigenvalue weighted by molar-refractivity contribution is 7.90. The first-order valence-corrected chi connectivity index (χ1v) is 14.3. The molecule has 0 radical (unpaired) electrons. The standard InChI is InChI=1S/C27H23ClN6O5S/c28-22-12-20(14-32-27(22)38-16-17-5-6-24-29-9-10-34(24)15-17)40(36,37)33-26(35)21-3-1-2-4-23(21)39-19-11-18-7-8-30-25(18)31-13-19/h1-4,7-14,17H,5-6,15-16H2,(H,30,31)(H,33,35). The lowest BCUT2D eigenvalue weighted by atomic mass is 10.0. The van der Waals surface area contributed by atoms with Crippen LogP contribution in [-0.2, 0) is 23.0 Å². The molecule has 1 aromatic carbocycles. The maximum atomic E-state index is 13.0. The first-order chi connectivity index (χ1) is 19.4. The second-order valence-electron chi connectivity index (χ2n) is 9.29. The molecule has 11 nitrogen and oxygen atoms in total. The number of imidazole rings is 1. The molecule has 1 atom stereocenters. The van der Waals surface area contributed by atoms with E-state index in [0.717, 1.165) is 36.8 Å². The van der Waals surface area contributed by atoms with Gasteiger partial charge in [-0.05, 0) is 36.8 Å². The minimum absolute atomic E-state index is 0.0193. The molecule has 1 unspecified atom stereocenters. The first kappa shape index (κ1) is 25.8. The Morgan fingerprint density at radius 1 is 1.15 bits per heavy atom. The Bertz CT molecular complexity index is 1820. The van der Waals surface area contributed by atoms with Gasteiger partial charge in [-0.15, -0.1) is 0 Å². The number of nitrogens with one attached hydrogen (secondary N) is 2. The molecule has 5 aromatic rings. The van der Waals surface area contributed by atoms with E-state index in [9.17, 15) is 13.2 Å². The summed E-state index contributed by atoms with van der Waals surface area (Å²) in [6.07, 6.45) is 9.84. The number of fused-ring (bicyclic) bond motifs is 2. The molecule has 0 saturated heterocycles. The summed E-state index contributed by atoms with van der Waals surface area (Å²) in [5.41, 5.74) is 0.711. The van der Waals surface area contributed by atoms with Crippen LogP contribution in [0.3, 0.4) is 0 Å². The maximum Gasteiger partial charge on any atom is 0.268 e. The Morgan fingerprint density at radius 2 is 2.02 bits per heavy atom. The Labute approximate surface area is 234 Å². The minimum Gasteiger partial charge on any atom is -0.476 e. The molecule has 4 aromatic heterocycles. The number of hydrogen-bond acceptors (Lipinski definition) is 8. The van der Waals surface area contributed by atoms with Crippen LogP contribution in [0, 0.1) is 5.92 Å². The van der Waals surface area contributed by atoms with Gasteiger partial charge >= 0.3 is 0 Å². The van der Waals surface area contributed by atoms with Crippen molar-refractivity contribution in [1.82, 2.24) is 29.2 Å². The van der Waals surface area contributed by atoms with Gasteiger partial charge < -0.3 is 19.0 Å². The minimum atomic E-state index is -4.30. The fourth-order valence-corrected chi connectivity index (χ4v) is 5.73. The van der Waals surface area contributed by atoms with E-state index in [1.165, 1.54) is 18.3 Å². The average Bonchev–Trinajstić information content (AvgIpc) is 3.61. The van der Waals surface area contributed by atoms with E-state index in [2.05, 4.69) is 29.2 Å². The lowest BCUT2D eigenvalue weighted by Gasteiger charge is -2.23. The number of rotatable bonds is 8. The number of aryl methyl sites for hydroxylation is 1. The van der Waals surface area contributed by atoms with Gasteiger partial charge in [-0.3, -0.25) is 4.79 Å². The van der Waals surface area contributed by atoms with E-state index >= 15 is 0 Å². The molecular formula is C27H23ClN6O5S. The zero-order chi connectivity index (χ0) is 27.7. The van der Waals surface area contributed by atoms with Crippen molar-refractivity contribution >= 4 is 38.6 Å². The Balaban J connectivity index is 1.13. The van der Waals surface area contributed by atoms with Crippen LogP contribution in [0.2, 0.25) is 5.02 Å². The van der Waals surface area contributed by atoms with Crippen molar-refractivity contribution in [2.24, 2.45) is 5.92 Å². The summed E-state index contributed by atoms with van der Waals surface area (Å²) in [5, 5.41) is 0.843. The lowest BCUT2D eigenvalue weighted by molar-refractivity contribution is 0.0979. The van der Waals surface area contributed by atoms with Crippen LogP contribution in [0.5, 0.6) is 17.4 Å². The second kappa shape index (κ2) is 10.6. The van der Waals surface area contributed by atoms with Gasteiger partial charge in [0.25, 0.3) is 15.9 Å². The number of pyridine rings is 2. The van der Waals surface area contributed by atoms with Gasteiger partial charge in [0.2, 0.25) is 5.88 Å². The van der Waals surface area contributed by atoms with Crippen LogP contribution in [0.1, 0.15) is 22.6 Å².